The van der Waals surface area contributed by atoms with Gasteiger partial charge in [-0.1, -0.05) is 12.1 Å². The Balaban J connectivity index is 1.56. The molecule has 0 aliphatic carbocycles. The van der Waals surface area contributed by atoms with E-state index in [1.807, 2.05) is 18.2 Å². The zero-order chi connectivity index (χ0) is 17.2. The van der Waals surface area contributed by atoms with Crippen LogP contribution in [0.2, 0.25) is 0 Å². The van der Waals surface area contributed by atoms with Gasteiger partial charge in [0.15, 0.2) is 0 Å². The predicted molar refractivity (Wildman–Crippen MR) is 93.7 cm³/mol. The first-order valence-corrected chi connectivity index (χ1v) is 7.65. The number of aromatic nitrogens is 3. The van der Waals surface area contributed by atoms with Gasteiger partial charge in [-0.3, -0.25) is 9.78 Å². The molecule has 5 nitrogen and oxygen atoms in total. The first kappa shape index (κ1) is 15.0. The van der Waals surface area contributed by atoms with Gasteiger partial charge >= 0.3 is 0 Å². The van der Waals surface area contributed by atoms with E-state index in [4.69, 9.17) is 0 Å². The molecule has 2 N–H and O–H groups in total. The van der Waals surface area contributed by atoms with Crippen LogP contribution in [0, 0.1) is 5.82 Å². The smallest absolute Gasteiger partial charge is 0.275 e. The molecule has 6 heteroatoms. The van der Waals surface area contributed by atoms with Gasteiger partial charge in [0.2, 0.25) is 0 Å². The molecule has 0 aliphatic rings. The van der Waals surface area contributed by atoms with Crippen molar-refractivity contribution in [2.24, 2.45) is 0 Å². The van der Waals surface area contributed by atoms with Gasteiger partial charge < -0.3 is 10.3 Å². The summed E-state index contributed by atoms with van der Waals surface area (Å²) in [5, 5.41) is 3.58. The van der Waals surface area contributed by atoms with Crippen LogP contribution in [0.15, 0.2) is 67.1 Å². The van der Waals surface area contributed by atoms with Crippen LogP contribution in [0.3, 0.4) is 0 Å². The van der Waals surface area contributed by atoms with E-state index < -0.39 is 0 Å². The highest BCUT2D eigenvalue weighted by molar-refractivity contribution is 6.02. The summed E-state index contributed by atoms with van der Waals surface area (Å²) in [6.07, 6.45) is 4.39. The van der Waals surface area contributed by atoms with E-state index in [0.29, 0.717) is 5.69 Å². The Bertz CT molecular complexity index is 1040. The fourth-order valence-corrected chi connectivity index (χ4v) is 2.60. The Labute approximate surface area is 142 Å². The standard InChI is InChI=1S/C19H13FN4O/c20-14-3-6-16-13(9-14)10-17(24-16)12-1-4-15(5-2-12)23-19(25)18-11-21-7-8-22-18/h1-11,24H,(H,23,25). The second-order valence-corrected chi connectivity index (χ2v) is 5.54. The number of aromatic amines is 1. The summed E-state index contributed by atoms with van der Waals surface area (Å²) < 4.78 is 13.3. The molecule has 0 fully saturated rings. The lowest BCUT2D eigenvalue weighted by atomic mass is 10.1. The van der Waals surface area contributed by atoms with Crippen LogP contribution in [-0.4, -0.2) is 20.9 Å². The molecule has 0 saturated carbocycles. The van der Waals surface area contributed by atoms with Gasteiger partial charge in [0, 0.05) is 34.7 Å². The highest BCUT2D eigenvalue weighted by atomic mass is 19.1. The molecule has 2 aromatic carbocycles. The molecular formula is C19H13FN4O. The largest absolute Gasteiger partial charge is 0.355 e. The average molecular weight is 332 g/mol. The fraction of sp³-hybridized carbons (Fsp3) is 0. The number of halogens is 1. The van der Waals surface area contributed by atoms with Crippen LogP contribution < -0.4 is 5.32 Å². The zero-order valence-electron chi connectivity index (χ0n) is 13.0. The molecule has 2 aromatic heterocycles. The zero-order valence-corrected chi connectivity index (χ0v) is 13.0. The molecule has 0 spiro atoms. The lowest BCUT2D eigenvalue weighted by molar-refractivity contribution is 0.102. The van der Waals surface area contributed by atoms with Crippen LogP contribution in [0.5, 0.6) is 0 Å². The third-order valence-electron chi connectivity index (χ3n) is 3.83. The maximum atomic E-state index is 13.3. The number of amides is 1. The van der Waals surface area contributed by atoms with Gasteiger partial charge in [-0.05, 0) is 42.0 Å². The van der Waals surface area contributed by atoms with E-state index in [-0.39, 0.29) is 17.4 Å². The molecule has 0 saturated heterocycles. The molecule has 0 radical (unpaired) electrons. The first-order chi connectivity index (χ1) is 12.2. The number of anilines is 1. The molecule has 122 valence electrons. The number of fused-ring (bicyclic) bond motifs is 1. The molecule has 0 unspecified atom stereocenters. The van der Waals surface area contributed by atoms with Crippen molar-refractivity contribution in [2.75, 3.05) is 5.32 Å². The highest BCUT2D eigenvalue weighted by Crippen LogP contribution is 2.25. The van der Waals surface area contributed by atoms with Gasteiger partial charge in [-0.25, -0.2) is 9.37 Å². The molecule has 0 atom stereocenters. The van der Waals surface area contributed by atoms with Crippen LogP contribution in [0.4, 0.5) is 10.1 Å². The molecule has 4 rings (SSSR count). The van der Waals surface area contributed by atoms with Crippen molar-refractivity contribution in [3.63, 3.8) is 0 Å². The molecule has 25 heavy (non-hydrogen) atoms. The summed E-state index contributed by atoms with van der Waals surface area (Å²) in [5.74, 6) is -0.581. The summed E-state index contributed by atoms with van der Waals surface area (Å²) >= 11 is 0. The molecule has 0 aliphatic heterocycles. The topological polar surface area (TPSA) is 70.7 Å². The highest BCUT2D eigenvalue weighted by Gasteiger charge is 2.08. The quantitative estimate of drug-likeness (QED) is 0.595. The van der Waals surface area contributed by atoms with Gasteiger partial charge in [0.05, 0.1) is 6.20 Å². The minimum atomic E-state index is -0.318. The third kappa shape index (κ3) is 3.10. The molecule has 4 aromatic rings. The van der Waals surface area contributed by atoms with Gasteiger partial charge in [0.1, 0.15) is 11.5 Å². The van der Waals surface area contributed by atoms with E-state index in [2.05, 4.69) is 20.3 Å². The Kier molecular flexibility index (Phi) is 3.70. The average Bonchev–Trinajstić information content (AvgIpc) is 3.06. The molecule has 2 heterocycles. The Hall–Kier alpha value is -3.54. The summed E-state index contributed by atoms with van der Waals surface area (Å²) in [5.41, 5.74) is 3.60. The summed E-state index contributed by atoms with van der Waals surface area (Å²) in [6.45, 7) is 0. The van der Waals surface area contributed by atoms with Crippen molar-refractivity contribution >= 4 is 22.5 Å². The minimum absolute atomic E-state index is 0.254. The van der Waals surface area contributed by atoms with Gasteiger partial charge in [0.25, 0.3) is 5.91 Å². The van der Waals surface area contributed by atoms with Crippen molar-refractivity contribution in [1.82, 2.24) is 15.0 Å². The minimum Gasteiger partial charge on any atom is -0.355 e. The normalized spacial score (nSPS) is 10.8. The van der Waals surface area contributed by atoms with Crippen LogP contribution in [0.1, 0.15) is 10.5 Å². The number of nitrogens with one attached hydrogen (secondary N) is 2. The van der Waals surface area contributed by atoms with Crippen molar-refractivity contribution in [3.8, 4) is 11.3 Å². The van der Waals surface area contributed by atoms with Crippen molar-refractivity contribution in [1.29, 1.82) is 0 Å². The number of hydrogen-bond donors (Lipinski definition) is 2. The second kappa shape index (κ2) is 6.16. The Morgan fingerprint density at radius 2 is 1.88 bits per heavy atom. The van der Waals surface area contributed by atoms with E-state index in [0.717, 1.165) is 22.2 Å². The molecule has 1 amide bonds. The number of rotatable bonds is 3. The van der Waals surface area contributed by atoms with Crippen LogP contribution in [-0.2, 0) is 0 Å². The SMILES string of the molecule is O=C(Nc1ccc(-c2cc3cc(F)ccc3[nH]2)cc1)c1cnccn1. The maximum Gasteiger partial charge on any atom is 0.275 e. The molecular weight excluding hydrogens is 319 g/mol. The van der Waals surface area contributed by atoms with E-state index in [1.54, 1.807) is 18.2 Å². The number of H-pyrrole nitrogens is 1. The number of benzene rings is 2. The van der Waals surface area contributed by atoms with Crippen molar-refractivity contribution in [2.45, 2.75) is 0 Å². The van der Waals surface area contributed by atoms with Crippen molar-refractivity contribution in [3.05, 3.63) is 78.6 Å². The maximum absolute atomic E-state index is 13.3. The Morgan fingerprint density at radius 3 is 2.64 bits per heavy atom. The predicted octanol–water partition coefficient (Wildman–Crippen LogP) is 4.02. The molecule has 0 bridgehead atoms. The summed E-state index contributed by atoms with van der Waals surface area (Å²) in [4.78, 5) is 23.2. The van der Waals surface area contributed by atoms with E-state index in [9.17, 15) is 9.18 Å². The lowest BCUT2D eigenvalue weighted by Gasteiger charge is -2.05. The first-order valence-electron chi connectivity index (χ1n) is 7.65. The van der Waals surface area contributed by atoms with Gasteiger partial charge in [-0.15, -0.1) is 0 Å². The summed E-state index contributed by atoms with van der Waals surface area (Å²) in [7, 11) is 0. The number of hydrogen-bond acceptors (Lipinski definition) is 3. The van der Waals surface area contributed by atoms with Crippen molar-refractivity contribution < 1.29 is 9.18 Å². The number of nitrogens with zero attached hydrogens (tertiary/aromatic N) is 2. The Morgan fingerprint density at radius 1 is 1.04 bits per heavy atom. The van der Waals surface area contributed by atoms with Crippen LogP contribution >= 0.6 is 0 Å². The van der Waals surface area contributed by atoms with E-state index >= 15 is 0 Å². The summed E-state index contributed by atoms with van der Waals surface area (Å²) in [6, 6.07) is 13.9. The van der Waals surface area contributed by atoms with Crippen LogP contribution in [0.25, 0.3) is 22.2 Å². The second-order valence-electron chi connectivity index (χ2n) is 5.54. The fourth-order valence-electron chi connectivity index (χ4n) is 2.60. The monoisotopic (exact) mass is 332 g/mol. The van der Waals surface area contributed by atoms with E-state index in [1.165, 1.54) is 30.7 Å². The lowest BCUT2D eigenvalue weighted by Crippen LogP contribution is -2.13. The third-order valence-corrected chi connectivity index (χ3v) is 3.83. The number of carbonyl (C=O) groups excluding carboxylic acids is 1. The van der Waals surface area contributed by atoms with Gasteiger partial charge in [-0.2, -0.15) is 0 Å². The number of carbonyl (C=O) groups is 1.